The highest BCUT2D eigenvalue weighted by Gasteiger charge is 2.27. The topological polar surface area (TPSA) is 108 Å². The van der Waals surface area contributed by atoms with Crippen LogP contribution in [0, 0.1) is 0 Å². The molecule has 0 aromatic carbocycles. The second kappa shape index (κ2) is 6.78. The Balaban J connectivity index is 1.65. The SMILES string of the molecule is CC(=O)Nc1ncc(S(=O)(=O)N2C=C(c3cc4ncccc4[nH]3)CCC2)s1. The summed E-state index contributed by atoms with van der Waals surface area (Å²) in [6.07, 6.45) is 6.16. The number of nitrogens with one attached hydrogen (secondary N) is 2. The number of carbonyl (C=O) groups is 1. The molecule has 1 aliphatic rings. The van der Waals surface area contributed by atoms with E-state index in [1.807, 2.05) is 18.2 Å². The van der Waals surface area contributed by atoms with E-state index in [0.717, 1.165) is 40.1 Å². The van der Waals surface area contributed by atoms with Crippen LogP contribution in [0.2, 0.25) is 0 Å². The number of anilines is 1. The Hall–Kier alpha value is -2.72. The van der Waals surface area contributed by atoms with Gasteiger partial charge >= 0.3 is 0 Å². The highest BCUT2D eigenvalue weighted by atomic mass is 32.2. The molecule has 0 saturated carbocycles. The number of sulfonamides is 1. The maximum Gasteiger partial charge on any atom is 0.275 e. The van der Waals surface area contributed by atoms with Crippen LogP contribution in [-0.2, 0) is 14.8 Å². The van der Waals surface area contributed by atoms with Gasteiger partial charge in [0.05, 0.1) is 17.2 Å². The molecule has 140 valence electrons. The lowest BCUT2D eigenvalue weighted by molar-refractivity contribution is -0.114. The normalized spacial score (nSPS) is 15.0. The number of H-pyrrole nitrogens is 1. The summed E-state index contributed by atoms with van der Waals surface area (Å²) >= 11 is 0.943. The van der Waals surface area contributed by atoms with Crippen molar-refractivity contribution in [3.63, 3.8) is 0 Å². The number of rotatable bonds is 4. The third-order valence-corrected chi connectivity index (χ3v) is 7.30. The Kier molecular flexibility index (Phi) is 4.44. The van der Waals surface area contributed by atoms with Crippen LogP contribution in [0.25, 0.3) is 16.6 Å². The van der Waals surface area contributed by atoms with E-state index in [4.69, 9.17) is 0 Å². The van der Waals surface area contributed by atoms with Gasteiger partial charge in [-0.05, 0) is 36.6 Å². The molecule has 4 heterocycles. The van der Waals surface area contributed by atoms with E-state index in [2.05, 4.69) is 20.3 Å². The third kappa shape index (κ3) is 3.45. The van der Waals surface area contributed by atoms with Crippen LogP contribution in [0.5, 0.6) is 0 Å². The van der Waals surface area contributed by atoms with Crippen LogP contribution in [0.4, 0.5) is 5.13 Å². The van der Waals surface area contributed by atoms with Gasteiger partial charge in [0.1, 0.15) is 0 Å². The van der Waals surface area contributed by atoms with E-state index >= 15 is 0 Å². The summed E-state index contributed by atoms with van der Waals surface area (Å²) < 4.78 is 27.3. The van der Waals surface area contributed by atoms with Crippen LogP contribution in [0.3, 0.4) is 0 Å². The Morgan fingerprint density at radius 1 is 1.37 bits per heavy atom. The Labute approximate surface area is 160 Å². The van der Waals surface area contributed by atoms with Crippen LogP contribution in [0.1, 0.15) is 25.5 Å². The number of aromatic amines is 1. The quantitative estimate of drug-likeness (QED) is 0.696. The van der Waals surface area contributed by atoms with Crippen LogP contribution < -0.4 is 5.32 Å². The van der Waals surface area contributed by atoms with Gasteiger partial charge < -0.3 is 10.3 Å². The van der Waals surface area contributed by atoms with Gasteiger partial charge in [0.25, 0.3) is 10.0 Å². The van der Waals surface area contributed by atoms with Crippen LogP contribution in [0.15, 0.2) is 41.0 Å². The molecular formula is C17H17N5O3S2. The van der Waals surface area contributed by atoms with Crippen molar-refractivity contribution in [2.24, 2.45) is 0 Å². The van der Waals surface area contributed by atoms with E-state index in [1.54, 1.807) is 12.4 Å². The summed E-state index contributed by atoms with van der Waals surface area (Å²) in [6, 6.07) is 5.72. The molecule has 1 aliphatic heterocycles. The average molecular weight is 403 g/mol. The molecule has 1 amide bonds. The van der Waals surface area contributed by atoms with Gasteiger partial charge in [0.2, 0.25) is 5.91 Å². The monoisotopic (exact) mass is 403 g/mol. The second-order valence-corrected chi connectivity index (χ2v) is 9.31. The predicted molar refractivity (Wildman–Crippen MR) is 104 cm³/mol. The first-order valence-electron chi connectivity index (χ1n) is 8.33. The molecule has 0 bridgehead atoms. The zero-order valence-corrected chi connectivity index (χ0v) is 16.1. The smallest absolute Gasteiger partial charge is 0.275 e. The molecule has 10 heteroatoms. The van der Waals surface area contributed by atoms with Crippen molar-refractivity contribution in [3.05, 3.63) is 42.5 Å². The maximum absolute atomic E-state index is 13.0. The van der Waals surface area contributed by atoms with Gasteiger partial charge in [-0.25, -0.2) is 13.4 Å². The average Bonchev–Trinajstić information content (AvgIpc) is 3.28. The third-order valence-electron chi connectivity index (χ3n) is 4.19. The standard InChI is InChI=1S/C17H17N5O3S2/c1-11(23)20-17-19-9-16(26-17)27(24,25)22-7-3-4-12(10-22)14-8-15-13(21-14)5-2-6-18-15/h2,5-6,8-10,21H,3-4,7H2,1H3,(H,19,20,23). The Bertz CT molecular complexity index is 1110. The fourth-order valence-corrected chi connectivity index (χ4v) is 5.55. The molecule has 0 aliphatic carbocycles. The number of pyridine rings is 1. The minimum atomic E-state index is -3.72. The number of carbonyl (C=O) groups excluding carboxylic acids is 1. The predicted octanol–water partition coefficient (Wildman–Crippen LogP) is 2.80. The van der Waals surface area contributed by atoms with Crippen LogP contribution in [-0.4, -0.2) is 40.1 Å². The molecular weight excluding hydrogens is 386 g/mol. The van der Waals surface area contributed by atoms with Gasteiger partial charge in [-0.3, -0.25) is 14.1 Å². The van der Waals surface area contributed by atoms with Crippen LogP contribution >= 0.6 is 11.3 Å². The number of aromatic nitrogens is 3. The number of nitrogens with zero attached hydrogens (tertiary/aromatic N) is 3. The molecule has 2 N–H and O–H groups in total. The number of hydrogen-bond donors (Lipinski definition) is 2. The van der Waals surface area contributed by atoms with Crippen molar-refractivity contribution in [2.45, 2.75) is 24.0 Å². The van der Waals surface area contributed by atoms with Crippen molar-refractivity contribution in [1.29, 1.82) is 0 Å². The minimum absolute atomic E-state index is 0.0991. The highest BCUT2D eigenvalue weighted by Crippen LogP contribution is 2.32. The molecule has 0 unspecified atom stereocenters. The van der Waals surface area contributed by atoms with Gasteiger partial charge in [-0.2, -0.15) is 0 Å². The number of hydrogen-bond acceptors (Lipinski definition) is 6. The zero-order chi connectivity index (χ0) is 19.0. The van der Waals surface area contributed by atoms with E-state index in [0.29, 0.717) is 13.0 Å². The summed E-state index contributed by atoms with van der Waals surface area (Å²) in [5, 5.41) is 2.78. The van der Waals surface area contributed by atoms with Crippen molar-refractivity contribution < 1.29 is 13.2 Å². The Morgan fingerprint density at radius 3 is 3.00 bits per heavy atom. The van der Waals surface area contributed by atoms with Gasteiger partial charge in [-0.1, -0.05) is 11.3 Å². The lowest BCUT2D eigenvalue weighted by atomic mass is 10.1. The summed E-state index contributed by atoms with van der Waals surface area (Å²) in [5.74, 6) is -0.291. The summed E-state index contributed by atoms with van der Waals surface area (Å²) in [4.78, 5) is 22.7. The van der Waals surface area contributed by atoms with E-state index in [-0.39, 0.29) is 15.2 Å². The summed E-state index contributed by atoms with van der Waals surface area (Å²) in [6.45, 7) is 1.75. The zero-order valence-electron chi connectivity index (χ0n) is 14.5. The molecule has 8 nitrogen and oxygen atoms in total. The van der Waals surface area contributed by atoms with E-state index < -0.39 is 10.0 Å². The summed E-state index contributed by atoms with van der Waals surface area (Å²) in [5.41, 5.74) is 3.54. The molecule has 0 saturated heterocycles. The first-order chi connectivity index (χ1) is 12.9. The first-order valence-corrected chi connectivity index (χ1v) is 10.6. The van der Waals surface area contributed by atoms with Crippen molar-refractivity contribution in [3.8, 4) is 0 Å². The molecule has 0 radical (unpaired) electrons. The largest absolute Gasteiger partial charge is 0.353 e. The molecule has 27 heavy (non-hydrogen) atoms. The molecule has 0 atom stereocenters. The summed E-state index contributed by atoms with van der Waals surface area (Å²) in [7, 11) is -3.72. The number of thiazole rings is 1. The van der Waals surface area contributed by atoms with Gasteiger partial charge in [-0.15, -0.1) is 0 Å². The molecule has 0 fully saturated rings. The van der Waals surface area contributed by atoms with Gasteiger partial charge in [0.15, 0.2) is 9.34 Å². The Morgan fingerprint density at radius 2 is 2.22 bits per heavy atom. The number of amides is 1. The fraction of sp³-hybridized carbons (Fsp3) is 0.235. The first kappa shape index (κ1) is 17.7. The number of allylic oxidation sites excluding steroid dienone is 1. The lowest BCUT2D eigenvalue weighted by Crippen LogP contribution is -2.29. The van der Waals surface area contributed by atoms with Crippen molar-refractivity contribution in [2.75, 3.05) is 11.9 Å². The van der Waals surface area contributed by atoms with Crippen molar-refractivity contribution >= 4 is 49.0 Å². The van der Waals surface area contributed by atoms with Gasteiger partial charge in [0, 0.05) is 31.6 Å². The fourth-order valence-electron chi connectivity index (χ4n) is 2.95. The van der Waals surface area contributed by atoms with Crippen molar-refractivity contribution in [1.82, 2.24) is 19.3 Å². The lowest BCUT2D eigenvalue weighted by Gasteiger charge is -2.25. The highest BCUT2D eigenvalue weighted by molar-refractivity contribution is 7.91. The van der Waals surface area contributed by atoms with E-state index in [9.17, 15) is 13.2 Å². The number of fused-ring (bicyclic) bond motifs is 1. The maximum atomic E-state index is 13.0. The molecule has 3 aromatic rings. The van der Waals surface area contributed by atoms with E-state index in [1.165, 1.54) is 17.4 Å². The molecule has 4 rings (SSSR count). The second-order valence-electron chi connectivity index (χ2n) is 6.16. The molecule has 0 spiro atoms. The molecule has 3 aromatic heterocycles. The minimum Gasteiger partial charge on any atom is -0.353 e.